The van der Waals surface area contributed by atoms with Crippen LogP contribution in [0.4, 0.5) is 0 Å². The van der Waals surface area contributed by atoms with Gasteiger partial charge in [-0.05, 0) is 12.8 Å². The normalized spacial score (nSPS) is 29.8. The van der Waals surface area contributed by atoms with Gasteiger partial charge in [-0.15, -0.1) is 23.5 Å². The van der Waals surface area contributed by atoms with E-state index in [4.69, 9.17) is 0 Å². The first-order valence-electron chi connectivity index (χ1n) is 6.01. The highest BCUT2D eigenvalue weighted by molar-refractivity contribution is 8.21. The number of rotatable bonds is 5. The second-order valence-corrected chi connectivity index (χ2v) is 7.93. The summed E-state index contributed by atoms with van der Waals surface area (Å²) in [5, 5.41) is 0.819. The molecule has 1 aromatic heterocycles. The molecule has 0 bridgehead atoms. The van der Waals surface area contributed by atoms with Gasteiger partial charge in [0.15, 0.2) is 0 Å². The quantitative estimate of drug-likeness (QED) is 0.801. The second kappa shape index (κ2) is 5.50. The monoisotopic (exact) mass is 256 g/mol. The molecule has 2 heterocycles. The molecular formula is C12H20N2S2. The summed E-state index contributed by atoms with van der Waals surface area (Å²) in [6.45, 7) is 5.75. The van der Waals surface area contributed by atoms with E-state index in [1.807, 2.05) is 12.5 Å². The molecule has 4 heteroatoms. The number of nitrogens with zero attached hydrogens (tertiary/aromatic N) is 2. The van der Waals surface area contributed by atoms with Crippen LogP contribution in [0.25, 0.3) is 0 Å². The van der Waals surface area contributed by atoms with Crippen molar-refractivity contribution in [2.45, 2.75) is 49.0 Å². The van der Waals surface area contributed by atoms with Crippen molar-refractivity contribution in [3.8, 4) is 0 Å². The lowest BCUT2D eigenvalue weighted by Crippen LogP contribution is -2.19. The van der Waals surface area contributed by atoms with Crippen LogP contribution in [-0.2, 0) is 6.54 Å². The van der Waals surface area contributed by atoms with Gasteiger partial charge in [0.1, 0.15) is 0 Å². The Morgan fingerprint density at radius 2 is 2.38 bits per heavy atom. The van der Waals surface area contributed by atoms with E-state index in [9.17, 15) is 0 Å². The van der Waals surface area contributed by atoms with Gasteiger partial charge in [-0.3, -0.25) is 0 Å². The maximum Gasteiger partial charge on any atom is 0.0945 e. The average molecular weight is 256 g/mol. The number of aromatic nitrogens is 2. The van der Waals surface area contributed by atoms with E-state index in [1.165, 1.54) is 25.0 Å². The molecule has 0 aromatic carbocycles. The molecule has 0 amide bonds. The fourth-order valence-corrected chi connectivity index (χ4v) is 6.02. The predicted molar refractivity (Wildman–Crippen MR) is 74.0 cm³/mol. The molecule has 1 fully saturated rings. The summed E-state index contributed by atoms with van der Waals surface area (Å²) in [5.74, 6) is 1.31. The molecule has 2 rings (SSSR count). The van der Waals surface area contributed by atoms with Gasteiger partial charge in [0.2, 0.25) is 0 Å². The van der Waals surface area contributed by atoms with E-state index in [0.29, 0.717) is 4.08 Å². The van der Waals surface area contributed by atoms with Crippen molar-refractivity contribution < 1.29 is 0 Å². The van der Waals surface area contributed by atoms with Gasteiger partial charge >= 0.3 is 0 Å². The van der Waals surface area contributed by atoms with Gasteiger partial charge in [-0.1, -0.05) is 20.3 Å². The van der Waals surface area contributed by atoms with Gasteiger partial charge in [0.25, 0.3) is 0 Å². The van der Waals surface area contributed by atoms with Crippen LogP contribution in [0.5, 0.6) is 0 Å². The van der Waals surface area contributed by atoms with Gasteiger partial charge in [-0.2, -0.15) is 0 Å². The summed E-state index contributed by atoms with van der Waals surface area (Å²) in [5.41, 5.74) is 0. The highest BCUT2D eigenvalue weighted by Crippen LogP contribution is 2.53. The molecule has 90 valence electrons. The molecular weight excluding hydrogens is 236 g/mol. The minimum Gasteiger partial charge on any atom is -0.337 e. The molecule has 1 aliphatic heterocycles. The van der Waals surface area contributed by atoms with Crippen LogP contribution in [0.15, 0.2) is 18.7 Å². The summed E-state index contributed by atoms with van der Waals surface area (Å²) in [4.78, 5) is 4.10. The van der Waals surface area contributed by atoms with Gasteiger partial charge in [0, 0.05) is 29.9 Å². The molecule has 0 saturated carbocycles. The standard InChI is InChI=1S/C12H20N2S2/c1-3-4-12(15-9-11(2)16-12)5-7-14-8-6-13-10-14/h6,8,10-11H,3-5,7,9H2,1-2H3. The van der Waals surface area contributed by atoms with E-state index in [2.05, 4.69) is 53.1 Å². The lowest BCUT2D eigenvalue weighted by molar-refractivity contribution is 0.569. The average Bonchev–Trinajstić information content (AvgIpc) is 2.87. The fourth-order valence-electron chi connectivity index (χ4n) is 2.19. The molecule has 2 unspecified atom stereocenters. The second-order valence-electron chi connectivity index (χ2n) is 4.45. The molecule has 1 saturated heterocycles. The smallest absolute Gasteiger partial charge is 0.0945 e. The van der Waals surface area contributed by atoms with Gasteiger partial charge in [-0.25, -0.2) is 4.98 Å². The van der Waals surface area contributed by atoms with E-state index in [0.717, 1.165) is 11.8 Å². The molecule has 1 aliphatic rings. The first-order valence-corrected chi connectivity index (χ1v) is 7.88. The maximum absolute atomic E-state index is 4.10. The Morgan fingerprint density at radius 3 is 2.94 bits per heavy atom. The minimum atomic E-state index is 0.471. The van der Waals surface area contributed by atoms with Gasteiger partial charge in [0.05, 0.1) is 10.4 Å². The molecule has 2 nitrogen and oxygen atoms in total. The summed E-state index contributed by atoms with van der Waals surface area (Å²) in [7, 11) is 0. The predicted octanol–water partition coefficient (Wildman–Crippen LogP) is 3.64. The van der Waals surface area contributed by atoms with Crippen LogP contribution in [0.2, 0.25) is 0 Å². The molecule has 0 aliphatic carbocycles. The fraction of sp³-hybridized carbons (Fsp3) is 0.750. The van der Waals surface area contributed by atoms with Crippen LogP contribution in [-0.4, -0.2) is 24.6 Å². The topological polar surface area (TPSA) is 17.8 Å². The van der Waals surface area contributed by atoms with Crippen LogP contribution < -0.4 is 0 Å². The number of hydrogen-bond donors (Lipinski definition) is 0. The number of thioether (sulfide) groups is 2. The summed E-state index contributed by atoms with van der Waals surface area (Å²) >= 11 is 4.36. The lowest BCUT2D eigenvalue weighted by atomic mass is 10.2. The Balaban J connectivity index is 1.93. The van der Waals surface area contributed by atoms with Crippen LogP contribution in [0.3, 0.4) is 0 Å². The Bertz CT molecular complexity index is 309. The summed E-state index contributed by atoms with van der Waals surface area (Å²) < 4.78 is 2.67. The first-order chi connectivity index (χ1) is 7.74. The van der Waals surface area contributed by atoms with Crippen LogP contribution in [0, 0.1) is 0 Å². The zero-order valence-corrected chi connectivity index (χ0v) is 11.7. The molecule has 0 spiro atoms. The number of aryl methyl sites for hydroxylation is 1. The molecule has 0 radical (unpaired) electrons. The third kappa shape index (κ3) is 2.98. The number of imidazole rings is 1. The van der Waals surface area contributed by atoms with E-state index in [1.54, 1.807) is 0 Å². The third-order valence-electron chi connectivity index (χ3n) is 2.94. The van der Waals surface area contributed by atoms with E-state index in [-0.39, 0.29) is 0 Å². The first kappa shape index (κ1) is 12.4. The van der Waals surface area contributed by atoms with E-state index < -0.39 is 0 Å². The van der Waals surface area contributed by atoms with Crippen molar-refractivity contribution in [1.29, 1.82) is 0 Å². The zero-order valence-electron chi connectivity index (χ0n) is 10.1. The largest absolute Gasteiger partial charge is 0.337 e. The molecule has 0 N–H and O–H groups in total. The molecule has 1 aromatic rings. The van der Waals surface area contributed by atoms with Crippen LogP contribution >= 0.6 is 23.5 Å². The number of hydrogen-bond acceptors (Lipinski definition) is 3. The summed E-state index contributed by atoms with van der Waals surface area (Å²) in [6.07, 6.45) is 9.74. The maximum atomic E-state index is 4.10. The van der Waals surface area contributed by atoms with Crippen LogP contribution in [0.1, 0.15) is 33.1 Å². The third-order valence-corrected chi connectivity index (χ3v) is 6.80. The Kier molecular flexibility index (Phi) is 4.25. The highest BCUT2D eigenvalue weighted by atomic mass is 32.2. The van der Waals surface area contributed by atoms with Crippen molar-refractivity contribution in [1.82, 2.24) is 9.55 Å². The van der Waals surface area contributed by atoms with Crippen molar-refractivity contribution in [3.63, 3.8) is 0 Å². The van der Waals surface area contributed by atoms with E-state index >= 15 is 0 Å². The highest BCUT2D eigenvalue weighted by Gasteiger charge is 2.37. The molecule has 16 heavy (non-hydrogen) atoms. The minimum absolute atomic E-state index is 0.471. The Hall–Kier alpha value is -0.0900. The zero-order chi connectivity index (χ0) is 11.4. The van der Waals surface area contributed by atoms with Gasteiger partial charge < -0.3 is 4.57 Å². The Morgan fingerprint density at radius 1 is 1.50 bits per heavy atom. The molecule has 2 atom stereocenters. The van der Waals surface area contributed by atoms with Crippen molar-refractivity contribution in [2.24, 2.45) is 0 Å². The Labute approximate surface area is 107 Å². The van der Waals surface area contributed by atoms with Crippen molar-refractivity contribution >= 4 is 23.5 Å². The summed E-state index contributed by atoms with van der Waals surface area (Å²) in [6, 6.07) is 0. The SMILES string of the molecule is CCCC1(CCn2ccnc2)SCC(C)S1. The van der Waals surface area contributed by atoms with Crippen molar-refractivity contribution in [3.05, 3.63) is 18.7 Å². The van der Waals surface area contributed by atoms with Crippen molar-refractivity contribution in [2.75, 3.05) is 5.75 Å². The lowest BCUT2D eigenvalue weighted by Gasteiger charge is -2.27.